The van der Waals surface area contributed by atoms with Gasteiger partial charge in [0, 0.05) is 116 Å². The second-order valence-corrected chi connectivity index (χ2v) is 20.0. The first-order chi connectivity index (χ1) is 29.7. The minimum atomic E-state index is -4.31. The molecule has 0 bridgehead atoms. The molecule has 2 aliphatic heterocycles. The Morgan fingerprint density at radius 2 is 1.16 bits per heavy atom. The lowest BCUT2D eigenvalue weighted by Gasteiger charge is -2.27. The molecule has 13 heteroatoms. The summed E-state index contributed by atoms with van der Waals surface area (Å²) in [6.07, 6.45) is 13.2. The Bertz CT molecular complexity index is 2500. The van der Waals surface area contributed by atoms with Crippen molar-refractivity contribution in [2.45, 2.75) is 77.0 Å². The van der Waals surface area contributed by atoms with Crippen molar-refractivity contribution < 1.29 is 27.6 Å². The van der Waals surface area contributed by atoms with Crippen LogP contribution in [0, 0.1) is 0 Å². The number of benzene rings is 4. The molecule has 0 saturated heterocycles. The molecular weight excluding hydrogens is 862 g/mol. The molecule has 0 atom stereocenters. The molecule has 0 spiro atoms. The Morgan fingerprint density at radius 3 is 1.61 bits per heavy atom. The average Bonchev–Trinajstić information content (AvgIpc) is 3.80. The normalized spacial score (nSPS) is 19.3. The molecule has 0 unspecified atom stereocenters. The van der Waals surface area contributed by atoms with Crippen LogP contribution in [0.3, 0.4) is 0 Å². The Hall–Kier alpha value is -4.17. The number of hydrogen-bond acceptors (Lipinski definition) is 9. The first kappa shape index (κ1) is 45.8. The molecule has 62 heavy (non-hydrogen) atoms. The van der Waals surface area contributed by atoms with Gasteiger partial charge >= 0.3 is 0 Å². The van der Waals surface area contributed by atoms with E-state index in [1.54, 1.807) is 0 Å². The van der Waals surface area contributed by atoms with Gasteiger partial charge in [0.25, 0.3) is 0 Å². The van der Waals surface area contributed by atoms with Crippen LogP contribution in [0.15, 0.2) is 144 Å². The molecule has 1 aliphatic carbocycles. The first-order valence-corrected chi connectivity index (χ1v) is 24.2. The van der Waals surface area contributed by atoms with Crippen LogP contribution in [0.2, 0.25) is 10.0 Å². The summed E-state index contributed by atoms with van der Waals surface area (Å²) in [6, 6.07) is 33.0. The molecule has 0 N–H and O–H groups in total. The van der Waals surface area contributed by atoms with E-state index in [2.05, 4.69) is 136 Å². The van der Waals surface area contributed by atoms with Crippen molar-refractivity contribution in [3.63, 3.8) is 0 Å². The monoisotopic (exact) mass is 912 g/mol. The van der Waals surface area contributed by atoms with Crippen molar-refractivity contribution in [1.82, 2.24) is 4.58 Å². The van der Waals surface area contributed by atoms with Crippen LogP contribution >= 0.6 is 35.2 Å². The lowest BCUT2D eigenvalue weighted by atomic mass is 9.83. The number of unbranched alkanes of at least 4 members (excludes halogenated alkanes) is 2. The second-order valence-electron chi connectivity index (χ2n) is 16.9. The molecule has 0 amide bonds. The number of allylic oxidation sites excluding steroid dienone is 8. The van der Waals surface area contributed by atoms with Crippen molar-refractivity contribution in [3.05, 3.63) is 165 Å². The zero-order valence-corrected chi connectivity index (χ0v) is 38.6. The van der Waals surface area contributed by atoms with Gasteiger partial charge < -0.3 is 19.6 Å². The van der Waals surface area contributed by atoms with E-state index in [9.17, 15) is 18.2 Å². The van der Waals surface area contributed by atoms with E-state index in [4.69, 9.17) is 23.2 Å². The minimum absolute atomic E-state index is 0.281. The SMILES string of the molecule is CC1(C)/C(=C\C=C2/CC/C(=C\C=C3\N(CCCCS(=O)(=O)[O-])c4ccc(Cl)cc4C3(C)C)C2=[N+](c2ccccc2)c2ccccc2)N(CCCCSOO[O-])c2ccc(Cl)cc21. The summed E-state index contributed by atoms with van der Waals surface area (Å²) in [6.45, 7) is 10.2. The molecular formula is C49H52Cl2N3O6S2-. The molecule has 326 valence electrons. The fourth-order valence-electron chi connectivity index (χ4n) is 9.06. The Kier molecular flexibility index (Phi) is 14.6. The molecule has 4 aromatic rings. The summed E-state index contributed by atoms with van der Waals surface area (Å²) in [5.74, 6) is 0.247. The molecule has 0 aromatic heterocycles. The van der Waals surface area contributed by atoms with Crippen LogP contribution < -0.4 is 19.6 Å². The number of para-hydroxylation sites is 2. The highest BCUT2D eigenvalue weighted by atomic mass is 35.5. The highest BCUT2D eigenvalue weighted by molar-refractivity contribution is 7.94. The van der Waals surface area contributed by atoms with Gasteiger partial charge in [-0.05, 0) is 98.2 Å². The summed E-state index contributed by atoms with van der Waals surface area (Å²) in [5, 5.41) is 15.2. The highest BCUT2D eigenvalue weighted by Gasteiger charge is 2.42. The molecule has 7 rings (SSSR count). The van der Waals surface area contributed by atoms with Crippen LogP contribution in [0.5, 0.6) is 0 Å². The van der Waals surface area contributed by atoms with Crippen molar-refractivity contribution in [2.75, 3.05) is 34.4 Å². The summed E-state index contributed by atoms with van der Waals surface area (Å²) >= 11 is 14.2. The Labute approximate surface area is 380 Å². The van der Waals surface area contributed by atoms with E-state index in [-0.39, 0.29) is 17.6 Å². The maximum Gasteiger partial charge on any atom is 0.218 e. The standard InChI is InChI=1S/C49H53Cl2N3O6S2/c1-48(2)41-33-37(50)23-25-43(41)52(29-11-13-31-61-60-59-55)45(48)27-21-35-19-20-36(47(35)54(39-15-7-5-8-16-39)40-17-9-6-10-18-40)22-28-46-49(3,4)42-34-38(51)24-26-44(42)53(46)30-12-14-32-62(56,57)58/h5-10,15-18,21-28,33-34H,11-14,19-20,29-32H2,1-4H3,(H-,55,56,57,58)/p-1. The number of rotatable bonds is 16. The van der Waals surface area contributed by atoms with Gasteiger partial charge in [0.05, 0.1) is 10.1 Å². The van der Waals surface area contributed by atoms with E-state index >= 15 is 0 Å². The van der Waals surface area contributed by atoms with Crippen molar-refractivity contribution in [2.24, 2.45) is 0 Å². The minimum Gasteiger partial charge on any atom is -0.748 e. The summed E-state index contributed by atoms with van der Waals surface area (Å²) in [5.41, 5.74) is 11.5. The van der Waals surface area contributed by atoms with Crippen molar-refractivity contribution >= 4 is 73.8 Å². The van der Waals surface area contributed by atoms with E-state index in [1.165, 1.54) is 22.4 Å². The van der Waals surface area contributed by atoms with Gasteiger partial charge in [-0.25, -0.2) is 8.42 Å². The topological polar surface area (TPSA) is 108 Å². The van der Waals surface area contributed by atoms with E-state index in [0.717, 1.165) is 84.0 Å². The third-order valence-corrected chi connectivity index (χ3v) is 13.9. The van der Waals surface area contributed by atoms with Crippen molar-refractivity contribution in [1.29, 1.82) is 0 Å². The molecule has 4 aromatic carbocycles. The van der Waals surface area contributed by atoms with Gasteiger partial charge in [-0.15, -0.1) is 0 Å². The third-order valence-electron chi connectivity index (χ3n) is 12.1. The predicted molar refractivity (Wildman–Crippen MR) is 252 cm³/mol. The third kappa shape index (κ3) is 10.1. The van der Waals surface area contributed by atoms with Crippen LogP contribution in [0.1, 0.15) is 77.3 Å². The van der Waals surface area contributed by atoms with Crippen LogP contribution in [0.4, 0.5) is 22.7 Å². The van der Waals surface area contributed by atoms with Gasteiger partial charge in [0.1, 0.15) is 0 Å². The summed E-state index contributed by atoms with van der Waals surface area (Å²) in [4.78, 5) is 4.65. The maximum atomic E-state index is 11.5. The van der Waals surface area contributed by atoms with Crippen LogP contribution in [-0.4, -0.2) is 43.3 Å². The molecule has 0 radical (unpaired) electrons. The second kappa shape index (κ2) is 19.7. The molecule has 9 nitrogen and oxygen atoms in total. The number of fused-ring (bicyclic) bond motifs is 2. The van der Waals surface area contributed by atoms with Crippen LogP contribution in [0.25, 0.3) is 0 Å². The van der Waals surface area contributed by atoms with E-state index in [0.29, 0.717) is 28.8 Å². The number of anilines is 2. The van der Waals surface area contributed by atoms with E-state index < -0.39 is 15.5 Å². The largest absolute Gasteiger partial charge is 0.748 e. The molecule has 2 heterocycles. The molecule has 1 fully saturated rings. The fourth-order valence-corrected chi connectivity index (χ4v) is 10.4. The summed E-state index contributed by atoms with van der Waals surface area (Å²) in [7, 11) is -4.31. The van der Waals surface area contributed by atoms with Gasteiger partial charge in [0.15, 0.2) is 0 Å². The lowest BCUT2D eigenvalue weighted by Crippen LogP contribution is -2.27. The van der Waals surface area contributed by atoms with Crippen LogP contribution in [-0.2, 0) is 30.3 Å². The first-order valence-electron chi connectivity index (χ1n) is 21.0. The van der Waals surface area contributed by atoms with Gasteiger partial charge in [-0.2, -0.15) is 8.91 Å². The zero-order chi connectivity index (χ0) is 44.1. The Balaban J connectivity index is 1.35. The number of hydrogen-bond donors (Lipinski definition) is 0. The smallest absolute Gasteiger partial charge is 0.218 e. The average molecular weight is 914 g/mol. The maximum absolute atomic E-state index is 11.5. The van der Waals surface area contributed by atoms with Crippen molar-refractivity contribution in [3.8, 4) is 0 Å². The van der Waals surface area contributed by atoms with Gasteiger partial charge in [0.2, 0.25) is 17.1 Å². The Morgan fingerprint density at radius 1 is 0.694 bits per heavy atom. The van der Waals surface area contributed by atoms with Gasteiger partial charge in [-0.3, -0.25) is 5.04 Å². The van der Waals surface area contributed by atoms with Gasteiger partial charge in [-0.1, -0.05) is 99.4 Å². The predicted octanol–water partition coefficient (Wildman–Crippen LogP) is 11.3. The summed E-state index contributed by atoms with van der Waals surface area (Å²) < 4.78 is 41.3. The molecule has 3 aliphatic rings. The lowest BCUT2D eigenvalue weighted by molar-refractivity contribution is -0.777. The zero-order valence-electron chi connectivity index (χ0n) is 35.5. The number of nitrogens with zero attached hydrogens (tertiary/aromatic N) is 3. The highest BCUT2D eigenvalue weighted by Crippen LogP contribution is 2.50. The molecule has 1 saturated carbocycles. The quantitative estimate of drug-likeness (QED) is 0.0271. The number of halogens is 2. The fraction of sp³-hybridized carbons (Fsp3) is 0.327. The van der Waals surface area contributed by atoms with E-state index in [1.807, 2.05) is 36.4 Å².